The minimum absolute atomic E-state index is 0.0597. The maximum atomic E-state index is 10.2. The van der Waals surface area contributed by atoms with Gasteiger partial charge in [0.1, 0.15) is 11.0 Å². The van der Waals surface area contributed by atoms with Gasteiger partial charge in [0.15, 0.2) is 6.29 Å². The Bertz CT molecular complexity index is 230. The zero-order valence-corrected chi connectivity index (χ0v) is 11.6. The van der Waals surface area contributed by atoms with E-state index in [1.165, 1.54) is 0 Å². The van der Waals surface area contributed by atoms with Gasteiger partial charge in [-0.05, 0) is 41.3 Å². The van der Waals surface area contributed by atoms with E-state index in [1.807, 2.05) is 39.8 Å². The van der Waals surface area contributed by atoms with Crippen molar-refractivity contribution in [3.05, 3.63) is 0 Å². The first-order chi connectivity index (χ1) is 7.20. The molecule has 1 aliphatic heterocycles. The number of aliphatic hydroxyl groups is 1. The number of hydrogen-bond acceptors (Lipinski definition) is 5. The van der Waals surface area contributed by atoms with Crippen molar-refractivity contribution in [3.8, 4) is 0 Å². The Hall–Kier alpha value is 0.190. The molecular formula is C11H23NO3S. The number of likely N-dealkylation sites (N-methyl/N-ethyl adjacent to an activating group) is 1. The fourth-order valence-electron chi connectivity index (χ4n) is 1.92. The molecule has 5 heteroatoms. The van der Waals surface area contributed by atoms with E-state index in [1.54, 1.807) is 0 Å². The molecule has 4 nitrogen and oxygen atoms in total. The number of nitrogens with zero attached hydrogens (tertiary/aromatic N) is 1. The van der Waals surface area contributed by atoms with Crippen LogP contribution in [0.4, 0.5) is 0 Å². The molecule has 1 saturated heterocycles. The van der Waals surface area contributed by atoms with E-state index in [2.05, 4.69) is 12.6 Å². The van der Waals surface area contributed by atoms with Crippen LogP contribution in [0.2, 0.25) is 0 Å². The quantitative estimate of drug-likeness (QED) is 0.580. The van der Waals surface area contributed by atoms with Crippen molar-refractivity contribution in [1.82, 2.24) is 4.90 Å². The molecule has 0 aliphatic carbocycles. The highest BCUT2D eigenvalue weighted by molar-refractivity contribution is 7.81. The van der Waals surface area contributed by atoms with Crippen LogP contribution in [0, 0.1) is 0 Å². The average Bonchev–Trinajstić information content (AvgIpc) is 2.07. The molecule has 1 rings (SSSR count). The van der Waals surface area contributed by atoms with Crippen molar-refractivity contribution in [2.24, 2.45) is 0 Å². The summed E-state index contributed by atoms with van der Waals surface area (Å²) >= 11 is 4.29. The summed E-state index contributed by atoms with van der Waals surface area (Å²) in [5.41, 5.74) is 0. The van der Waals surface area contributed by atoms with Crippen molar-refractivity contribution >= 4 is 12.6 Å². The SMILES string of the molecule is C[C@@H]1C[C@H](N(C)C)[C@@H](O)C(OC(C)(C)S)O1. The van der Waals surface area contributed by atoms with Gasteiger partial charge in [0.25, 0.3) is 0 Å². The lowest BCUT2D eigenvalue weighted by Gasteiger charge is -2.42. The number of rotatable bonds is 3. The second kappa shape index (κ2) is 5.23. The van der Waals surface area contributed by atoms with Crippen molar-refractivity contribution in [2.45, 2.75) is 56.7 Å². The van der Waals surface area contributed by atoms with Gasteiger partial charge in [0.2, 0.25) is 0 Å². The van der Waals surface area contributed by atoms with Crippen molar-refractivity contribution in [2.75, 3.05) is 14.1 Å². The Labute approximate surface area is 103 Å². The van der Waals surface area contributed by atoms with Crippen LogP contribution in [0.3, 0.4) is 0 Å². The predicted octanol–water partition coefficient (Wildman–Crippen LogP) is 1.09. The third kappa shape index (κ3) is 3.89. The normalized spacial score (nSPS) is 36.8. The van der Waals surface area contributed by atoms with Gasteiger partial charge in [-0.25, -0.2) is 0 Å². The van der Waals surface area contributed by atoms with Crippen molar-refractivity contribution < 1.29 is 14.6 Å². The van der Waals surface area contributed by atoms with Crippen LogP contribution in [-0.2, 0) is 9.47 Å². The topological polar surface area (TPSA) is 41.9 Å². The highest BCUT2D eigenvalue weighted by atomic mass is 32.1. The van der Waals surface area contributed by atoms with Crippen LogP contribution in [-0.4, -0.2) is 53.6 Å². The Balaban J connectivity index is 2.69. The van der Waals surface area contributed by atoms with Crippen LogP contribution in [0.5, 0.6) is 0 Å². The van der Waals surface area contributed by atoms with Crippen molar-refractivity contribution in [1.29, 1.82) is 0 Å². The first kappa shape index (κ1) is 14.3. The van der Waals surface area contributed by atoms with Gasteiger partial charge < -0.3 is 19.5 Å². The number of aliphatic hydroxyl groups excluding tert-OH is 1. The number of thiol groups is 1. The molecule has 1 fully saturated rings. The predicted molar refractivity (Wildman–Crippen MR) is 66.6 cm³/mol. The molecule has 1 unspecified atom stereocenters. The van der Waals surface area contributed by atoms with Gasteiger partial charge in [0, 0.05) is 6.04 Å². The summed E-state index contributed by atoms with van der Waals surface area (Å²) < 4.78 is 11.2. The molecule has 0 aromatic carbocycles. The first-order valence-electron chi connectivity index (χ1n) is 5.61. The molecule has 4 atom stereocenters. The Morgan fingerprint density at radius 1 is 1.44 bits per heavy atom. The minimum Gasteiger partial charge on any atom is -0.386 e. The zero-order chi connectivity index (χ0) is 12.5. The van der Waals surface area contributed by atoms with Crippen LogP contribution >= 0.6 is 12.6 Å². The van der Waals surface area contributed by atoms with Gasteiger partial charge in [-0.1, -0.05) is 0 Å². The third-order valence-corrected chi connectivity index (χ3v) is 2.79. The standard InChI is InChI=1S/C11H23NO3S/c1-7-6-8(12(4)5)9(13)10(14-7)15-11(2,3)16/h7-10,13,16H,6H2,1-5H3/t7-,8+,9-,10?/m1/s1. The zero-order valence-electron chi connectivity index (χ0n) is 10.7. The second-order valence-electron chi connectivity index (χ2n) is 5.14. The van der Waals surface area contributed by atoms with Crippen LogP contribution in [0.15, 0.2) is 0 Å². The van der Waals surface area contributed by atoms with E-state index in [0.29, 0.717) is 0 Å². The molecule has 1 aliphatic rings. The second-order valence-corrected chi connectivity index (χ2v) is 6.21. The summed E-state index contributed by atoms with van der Waals surface area (Å²) in [4.78, 5) is 1.39. The Kier molecular flexibility index (Phi) is 4.66. The largest absolute Gasteiger partial charge is 0.386 e. The fourth-order valence-corrected chi connectivity index (χ4v) is 2.03. The summed E-state index contributed by atoms with van der Waals surface area (Å²) in [7, 11) is 3.91. The van der Waals surface area contributed by atoms with Gasteiger partial charge in [-0.15, -0.1) is 12.6 Å². The monoisotopic (exact) mass is 249 g/mol. The molecule has 0 radical (unpaired) electrons. The summed E-state index contributed by atoms with van der Waals surface area (Å²) in [6.45, 7) is 5.65. The minimum atomic E-state index is -0.641. The number of hydrogen-bond donors (Lipinski definition) is 2. The Morgan fingerprint density at radius 2 is 2.00 bits per heavy atom. The molecule has 0 bridgehead atoms. The molecule has 96 valence electrons. The highest BCUT2D eigenvalue weighted by Crippen LogP contribution is 2.28. The smallest absolute Gasteiger partial charge is 0.186 e. The summed E-state index contributed by atoms with van der Waals surface area (Å²) in [5.74, 6) is 0. The Morgan fingerprint density at radius 3 is 2.44 bits per heavy atom. The molecular weight excluding hydrogens is 226 g/mol. The molecule has 0 spiro atoms. The molecule has 1 heterocycles. The van der Waals surface area contributed by atoms with E-state index >= 15 is 0 Å². The molecule has 16 heavy (non-hydrogen) atoms. The lowest BCUT2D eigenvalue weighted by Crippen LogP contribution is -2.55. The summed E-state index contributed by atoms with van der Waals surface area (Å²) in [5, 5.41) is 10.2. The molecule has 0 aromatic heterocycles. The van der Waals surface area contributed by atoms with E-state index in [0.717, 1.165) is 6.42 Å². The summed E-state index contributed by atoms with van der Waals surface area (Å²) in [6, 6.07) is 0.0597. The van der Waals surface area contributed by atoms with E-state index < -0.39 is 17.3 Å². The van der Waals surface area contributed by atoms with Crippen LogP contribution < -0.4 is 0 Å². The van der Waals surface area contributed by atoms with Crippen LogP contribution in [0.25, 0.3) is 0 Å². The molecule has 1 N–H and O–H groups in total. The van der Waals surface area contributed by atoms with E-state index in [4.69, 9.17) is 9.47 Å². The van der Waals surface area contributed by atoms with Gasteiger partial charge in [0.05, 0.1) is 6.10 Å². The van der Waals surface area contributed by atoms with Gasteiger partial charge in [-0.3, -0.25) is 0 Å². The lowest BCUT2D eigenvalue weighted by atomic mass is 9.99. The van der Waals surface area contributed by atoms with Crippen molar-refractivity contribution in [3.63, 3.8) is 0 Å². The van der Waals surface area contributed by atoms with E-state index in [-0.39, 0.29) is 12.1 Å². The van der Waals surface area contributed by atoms with E-state index in [9.17, 15) is 5.11 Å². The maximum Gasteiger partial charge on any atom is 0.186 e. The molecule has 0 aromatic rings. The maximum absolute atomic E-state index is 10.2. The van der Waals surface area contributed by atoms with Gasteiger partial charge in [-0.2, -0.15) is 0 Å². The molecule has 0 amide bonds. The van der Waals surface area contributed by atoms with Crippen LogP contribution in [0.1, 0.15) is 27.2 Å². The van der Waals surface area contributed by atoms with Gasteiger partial charge >= 0.3 is 0 Å². The number of ether oxygens (including phenoxy) is 2. The first-order valence-corrected chi connectivity index (χ1v) is 6.05. The average molecular weight is 249 g/mol. The lowest BCUT2D eigenvalue weighted by molar-refractivity contribution is -0.269. The fraction of sp³-hybridized carbons (Fsp3) is 1.00. The molecule has 0 saturated carbocycles. The third-order valence-electron chi connectivity index (χ3n) is 2.68. The summed E-state index contributed by atoms with van der Waals surface area (Å²) in [6.07, 6.45) is -0.362. The highest BCUT2D eigenvalue weighted by Gasteiger charge is 2.39.